The highest BCUT2D eigenvalue weighted by Gasteiger charge is 2.31. The zero-order valence-electron chi connectivity index (χ0n) is 12.8. The summed E-state index contributed by atoms with van der Waals surface area (Å²) in [5, 5.41) is 8.92. The Balaban J connectivity index is 2.01. The number of furan rings is 1. The molecule has 0 aliphatic heterocycles. The zero-order valence-corrected chi connectivity index (χ0v) is 12.8. The number of carbonyl (C=O) groups is 1. The molecule has 0 spiro atoms. The van der Waals surface area contributed by atoms with Crippen LogP contribution in [0.1, 0.15) is 68.8 Å². The summed E-state index contributed by atoms with van der Waals surface area (Å²) < 4.78 is 5.42. The Morgan fingerprint density at radius 3 is 2.50 bits per heavy atom. The average Bonchev–Trinajstić information content (AvgIpc) is 2.86. The van der Waals surface area contributed by atoms with E-state index >= 15 is 0 Å². The number of rotatable bonds is 4. The molecular formula is C16H25NO3. The maximum atomic E-state index is 10.9. The fourth-order valence-corrected chi connectivity index (χ4v) is 3.00. The summed E-state index contributed by atoms with van der Waals surface area (Å²) >= 11 is 0. The number of hydrogen-bond acceptors (Lipinski definition) is 3. The molecule has 1 aromatic heterocycles. The minimum atomic E-state index is -1.01. The molecule has 1 heterocycles. The number of nitrogens with zero attached hydrogens (tertiary/aromatic N) is 1. The molecular weight excluding hydrogens is 254 g/mol. The van der Waals surface area contributed by atoms with Crippen molar-refractivity contribution in [1.82, 2.24) is 4.90 Å². The Kier molecular flexibility index (Phi) is 4.23. The summed E-state index contributed by atoms with van der Waals surface area (Å²) in [5.41, 5.74) is 0.460. The molecule has 1 aliphatic rings. The normalized spacial score (nSPS) is 21.1. The van der Waals surface area contributed by atoms with Gasteiger partial charge >= 0.3 is 5.97 Å². The lowest BCUT2D eigenvalue weighted by molar-refractivity contribution is 0.0646. The van der Waals surface area contributed by atoms with E-state index in [0.717, 1.165) is 5.76 Å². The van der Waals surface area contributed by atoms with Crippen molar-refractivity contribution in [2.24, 2.45) is 5.41 Å². The molecule has 0 saturated heterocycles. The lowest BCUT2D eigenvalue weighted by Crippen LogP contribution is -2.38. The molecule has 0 aromatic carbocycles. The number of carboxylic acids is 1. The van der Waals surface area contributed by atoms with Crippen LogP contribution in [0.25, 0.3) is 0 Å². The van der Waals surface area contributed by atoms with Crippen LogP contribution >= 0.6 is 0 Å². The van der Waals surface area contributed by atoms with Crippen LogP contribution < -0.4 is 0 Å². The second-order valence-electron chi connectivity index (χ2n) is 6.74. The van der Waals surface area contributed by atoms with Crippen molar-refractivity contribution in [1.29, 1.82) is 0 Å². The molecule has 0 amide bonds. The van der Waals surface area contributed by atoms with Gasteiger partial charge in [-0.15, -0.1) is 0 Å². The first-order valence-corrected chi connectivity index (χ1v) is 7.35. The molecule has 20 heavy (non-hydrogen) atoms. The third kappa shape index (κ3) is 3.23. The van der Waals surface area contributed by atoms with E-state index in [1.807, 2.05) is 0 Å². The summed E-state index contributed by atoms with van der Waals surface area (Å²) in [7, 11) is 2.11. The molecule has 4 heteroatoms. The maximum Gasteiger partial charge on any atom is 0.371 e. The van der Waals surface area contributed by atoms with Crippen molar-refractivity contribution in [3.63, 3.8) is 0 Å². The lowest BCUT2D eigenvalue weighted by atomic mass is 9.75. The molecule has 1 unspecified atom stereocenters. The summed E-state index contributed by atoms with van der Waals surface area (Å²) in [5.74, 6) is -0.259. The third-order valence-electron chi connectivity index (χ3n) is 4.74. The van der Waals surface area contributed by atoms with Gasteiger partial charge in [0, 0.05) is 6.04 Å². The largest absolute Gasteiger partial charge is 0.475 e. The SMILES string of the molecule is CC(c1ccc(C(=O)O)o1)N(C)C1CCC(C)(C)CC1. The van der Waals surface area contributed by atoms with Crippen LogP contribution in [0, 0.1) is 5.41 Å². The van der Waals surface area contributed by atoms with Gasteiger partial charge in [-0.2, -0.15) is 0 Å². The van der Waals surface area contributed by atoms with Crippen LogP contribution in [0.4, 0.5) is 0 Å². The first kappa shape index (κ1) is 15.1. The second kappa shape index (κ2) is 5.60. The van der Waals surface area contributed by atoms with Gasteiger partial charge < -0.3 is 9.52 Å². The predicted molar refractivity (Wildman–Crippen MR) is 77.9 cm³/mol. The van der Waals surface area contributed by atoms with Crippen LogP contribution in [0.5, 0.6) is 0 Å². The van der Waals surface area contributed by atoms with E-state index < -0.39 is 5.97 Å². The van der Waals surface area contributed by atoms with Crippen molar-refractivity contribution in [3.8, 4) is 0 Å². The van der Waals surface area contributed by atoms with E-state index in [1.54, 1.807) is 6.07 Å². The summed E-state index contributed by atoms with van der Waals surface area (Å²) in [6.45, 7) is 6.74. The minimum absolute atomic E-state index is 0.0185. The first-order chi connectivity index (χ1) is 9.30. The second-order valence-corrected chi connectivity index (χ2v) is 6.74. The van der Waals surface area contributed by atoms with Gasteiger partial charge in [0.25, 0.3) is 0 Å². The van der Waals surface area contributed by atoms with E-state index in [9.17, 15) is 4.79 Å². The molecule has 2 rings (SSSR count). The first-order valence-electron chi connectivity index (χ1n) is 7.35. The van der Waals surface area contributed by atoms with E-state index in [4.69, 9.17) is 9.52 Å². The molecule has 1 aliphatic carbocycles. The summed E-state index contributed by atoms with van der Waals surface area (Å²) in [4.78, 5) is 13.2. The van der Waals surface area contributed by atoms with Gasteiger partial charge in [-0.05, 0) is 57.2 Å². The van der Waals surface area contributed by atoms with Crippen LogP contribution in [-0.4, -0.2) is 29.1 Å². The van der Waals surface area contributed by atoms with Crippen LogP contribution in [-0.2, 0) is 0 Å². The topological polar surface area (TPSA) is 53.7 Å². The van der Waals surface area contributed by atoms with Crippen LogP contribution in [0.15, 0.2) is 16.5 Å². The van der Waals surface area contributed by atoms with Crippen molar-refractivity contribution >= 4 is 5.97 Å². The third-order valence-corrected chi connectivity index (χ3v) is 4.74. The van der Waals surface area contributed by atoms with Gasteiger partial charge in [0.05, 0.1) is 6.04 Å². The lowest BCUT2D eigenvalue weighted by Gasteiger charge is -2.40. The molecule has 112 valence electrons. The molecule has 1 fully saturated rings. The monoisotopic (exact) mass is 279 g/mol. The van der Waals surface area contributed by atoms with Crippen molar-refractivity contribution in [2.45, 2.75) is 58.5 Å². The van der Waals surface area contributed by atoms with Gasteiger partial charge in [0.15, 0.2) is 0 Å². The smallest absolute Gasteiger partial charge is 0.371 e. The fraction of sp³-hybridized carbons (Fsp3) is 0.688. The van der Waals surface area contributed by atoms with E-state index in [-0.39, 0.29) is 11.8 Å². The standard InChI is InChI=1S/C16H25NO3/c1-11(13-5-6-14(20-13)15(18)19)17(4)12-7-9-16(2,3)10-8-12/h5-6,11-12H,7-10H2,1-4H3,(H,18,19). The molecule has 1 atom stereocenters. The highest BCUT2D eigenvalue weighted by Crippen LogP contribution is 2.38. The zero-order chi connectivity index (χ0) is 14.9. The Labute approximate surface area is 120 Å². The molecule has 1 saturated carbocycles. The highest BCUT2D eigenvalue weighted by atomic mass is 16.4. The number of aromatic carboxylic acids is 1. The van der Waals surface area contributed by atoms with E-state index in [1.165, 1.54) is 31.7 Å². The van der Waals surface area contributed by atoms with Gasteiger partial charge in [-0.3, -0.25) is 4.90 Å². The van der Waals surface area contributed by atoms with Gasteiger partial charge in [0.1, 0.15) is 5.76 Å². The Morgan fingerprint density at radius 2 is 2.00 bits per heavy atom. The van der Waals surface area contributed by atoms with Crippen molar-refractivity contribution in [2.75, 3.05) is 7.05 Å². The Morgan fingerprint density at radius 1 is 1.40 bits per heavy atom. The molecule has 0 radical (unpaired) electrons. The molecule has 4 nitrogen and oxygen atoms in total. The highest BCUT2D eigenvalue weighted by molar-refractivity contribution is 5.84. The summed E-state index contributed by atoms with van der Waals surface area (Å²) in [6.07, 6.45) is 4.88. The quantitative estimate of drug-likeness (QED) is 0.907. The van der Waals surface area contributed by atoms with E-state index in [0.29, 0.717) is 11.5 Å². The molecule has 0 bridgehead atoms. The van der Waals surface area contributed by atoms with Gasteiger partial charge in [-0.25, -0.2) is 4.79 Å². The molecule has 1 N–H and O–H groups in total. The predicted octanol–water partition coefficient (Wildman–Crippen LogP) is 3.94. The minimum Gasteiger partial charge on any atom is -0.475 e. The summed E-state index contributed by atoms with van der Waals surface area (Å²) in [6, 6.07) is 3.97. The Bertz CT molecular complexity index is 468. The maximum absolute atomic E-state index is 10.9. The van der Waals surface area contributed by atoms with Crippen LogP contribution in [0.3, 0.4) is 0 Å². The van der Waals surface area contributed by atoms with Crippen LogP contribution in [0.2, 0.25) is 0 Å². The number of carboxylic acid groups (broad SMARTS) is 1. The van der Waals surface area contributed by atoms with Crippen molar-refractivity contribution < 1.29 is 14.3 Å². The fourth-order valence-electron chi connectivity index (χ4n) is 3.00. The number of hydrogen-bond donors (Lipinski definition) is 1. The Hall–Kier alpha value is -1.29. The van der Waals surface area contributed by atoms with Crippen molar-refractivity contribution in [3.05, 3.63) is 23.7 Å². The van der Waals surface area contributed by atoms with Gasteiger partial charge in [-0.1, -0.05) is 13.8 Å². The van der Waals surface area contributed by atoms with E-state index in [2.05, 4.69) is 32.7 Å². The molecule has 1 aromatic rings. The average molecular weight is 279 g/mol. The van der Waals surface area contributed by atoms with Gasteiger partial charge in [0.2, 0.25) is 5.76 Å².